The highest BCUT2D eigenvalue weighted by molar-refractivity contribution is 6.15. The number of ether oxygens (including phenoxy) is 1. The molecule has 1 aliphatic heterocycles. The van der Waals surface area contributed by atoms with Crippen molar-refractivity contribution in [1.82, 2.24) is 0 Å². The van der Waals surface area contributed by atoms with Crippen molar-refractivity contribution in [2.24, 2.45) is 0 Å². The van der Waals surface area contributed by atoms with E-state index in [1.54, 1.807) is 6.07 Å². The number of hydrogen-bond donors (Lipinski definition) is 2. The van der Waals surface area contributed by atoms with Crippen LogP contribution in [0, 0.1) is 11.3 Å². The van der Waals surface area contributed by atoms with Gasteiger partial charge in [0, 0.05) is 0 Å². The fourth-order valence-corrected chi connectivity index (χ4v) is 1.82. The van der Waals surface area contributed by atoms with Crippen LogP contribution in [-0.4, -0.2) is 28.3 Å². The van der Waals surface area contributed by atoms with Gasteiger partial charge >= 0.3 is 11.9 Å². The Bertz CT molecular complexity index is 560. The molecule has 0 spiro atoms. The standard InChI is InChI=1S/C12H9NO5/c13-5-4-8(14)10(15)6-2-1-3-7-9(6)12(17)18-11(7)16/h1-3,8,10,14-15H,4H2. The van der Waals surface area contributed by atoms with E-state index in [0.29, 0.717) is 0 Å². The Hall–Kier alpha value is -2.23. The van der Waals surface area contributed by atoms with Gasteiger partial charge in [0.25, 0.3) is 0 Å². The fourth-order valence-electron chi connectivity index (χ4n) is 1.82. The first-order chi connectivity index (χ1) is 8.56. The van der Waals surface area contributed by atoms with E-state index >= 15 is 0 Å². The fraction of sp³-hybridized carbons (Fsp3) is 0.250. The van der Waals surface area contributed by atoms with Gasteiger partial charge in [-0.1, -0.05) is 12.1 Å². The molecule has 0 fully saturated rings. The molecule has 2 N–H and O–H groups in total. The molecule has 2 rings (SSSR count). The van der Waals surface area contributed by atoms with Crippen molar-refractivity contribution in [2.45, 2.75) is 18.6 Å². The molecule has 1 aromatic rings. The number of carbonyl (C=O) groups is 2. The van der Waals surface area contributed by atoms with E-state index in [1.165, 1.54) is 18.2 Å². The van der Waals surface area contributed by atoms with Crippen molar-refractivity contribution in [3.8, 4) is 6.07 Å². The predicted molar refractivity (Wildman–Crippen MR) is 57.4 cm³/mol. The Morgan fingerprint density at radius 1 is 1.28 bits per heavy atom. The summed E-state index contributed by atoms with van der Waals surface area (Å²) in [5, 5.41) is 27.9. The Morgan fingerprint density at radius 2 is 2.00 bits per heavy atom. The van der Waals surface area contributed by atoms with Crippen molar-refractivity contribution in [3.05, 3.63) is 34.9 Å². The van der Waals surface area contributed by atoms with Gasteiger partial charge < -0.3 is 14.9 Å². The van der Waals surface area contributed by atoms with Crippen LogP contribution < -0.4 is 0 Å². The number of hydrogen-bond acceptors (Lipinski definition) is 6. The molecule has 0 bridgehead atoms. The van der Waals surface area contributed by atoms with Crippen LogP contribution in [0.2, 0.25) is 0 Å². The Labute approximate surface area is 102 Å². The van der Waals surface area contributed by atoms with Crippen LogP contribution in [0.4, 0.5) is 0 Å². The van der Waals surface area contributed by atoms with Crippen molar-refractivity contribution in [1.29, 1.82) is 5.26 Å². The molecular formula is C12H9NO5. The third-order valence-corrected chi connectivity index (χ3v) is 2.69. The molecule has 0 saturated heterocycles. The number of esters is 2. The van der Waals surface area contributed by atoms with Crippen molar-refractivity contribution in [2.75, 3.05) is 0 Å². The Morgan fingerprint density at radius 3 is 2.67 bits per heavy atom. The molecule has 1 aromatic carbocycles. The minimum atomic E-state index is -1.42. The van der Waals surface area contributed by atoms with E-state index in [9.17, 15) is 19.8 Å². The number of aliphatic hydroxyl groups is 2. The molecule has 1 heterocycles. The molecule has 2 unspecified atom stereocenters. The lowest BCUT2D eigenvalue weighted by molar-refractivity contribution is 0.0206. The van der Waals surface area contributed by atoms with Gasteiger partial charge in [0.2, 0.25) is 0 Å². The number of fused-ring (bicyclic) bond motifs is 1. The summed E-state index contributed by atoms with van der Waals surface area (Å²) in [5.41, 5.74) is 0.0961. The van der Waals surface area contributed by atoms with Gasteiger partial charge in [-0.2, -0.15) is 5.26 Å². The molecule has 0 saturated carbocycles. The van der Waals surface area contributed by atoms with Gasteiger partial charge in [0.05, 0.1) is 29.7 Å². The lowest BCUT2D eigenvalue weighted by atomic mass is 9.95. The third-order valence-electron chi connectivity index (χ3n) is 2.69. The molecule has 0 amide bonds. The third kappa shape index (κ3) is 1.86. The number of cyclic esters (lactones) is 2. The molecular weight excluding hydrogens is 238 g/mol. The average Bonchev–Trinajstić information content (AvgIpc) is 2.65. The number of aliphatic hydroxyl groups excluding tert-OH is 2. The minimum Gasteiger partial charge on any atom is -0.389 e. The van der Waals surface area contributed by atoms with Gasteiger partial charge in [0.1, 0.15) is 6.10 Å². The second-order valence-corrected chi connectivity index (χ2v) is 3.82. The van der Waals surface area contributed by atoms with E-state index in [2.05, 4.69) is 4.74 Å². The second kappa shape index (κ2) is 4.56. The largest absolute Gasteiger partial charge is 0.389 e. The van der Waals surface area contributed by atoms with Crippen LogP contribution >= 0.6 is 0 Å². The molecule has 1 aliphatic rings. The van der Waals surface area contributed by atoms with Crippen LogP contribution in [-0.2, 0) is 4.74 Å². The highest BCUT2D eigenvalue weighted by Crippen LogP contribution is 2.29. The topological polar surface area (TPSA) is 108 Å². The van der Waals surface area contributed by atoms with Crippen molar-refractivity contribution in [3.63, 3.8) is 0 Å². The van der Waals surface area contributed by atoms with Gasteiger partial charge in [-0.05, 0) is 11.6 Å². The molecule has 0 aromatic heterocycles. The number of carbonyl (C=O) groups excluding carboxylic acids is 2. The number of nitriles is 1. The van der Waals surface area contributed by atoms with E-state index in [-0.39, 0.29) is 23.1 Å². The lowest BCUT2D eigenvalue weighted by Gasteiger charge is -2.16. The normalized spacial score (nSPS) is 16.7. The molecule has 6 heteroatoms. The summed E-state index contributed by atoms with van der Waals surface area (Å²) < 4.78 is 4.43. The summed E-state index contributed by atoms with van der Waals surface area (Å²) in [6.45, 7) is 0. The first kappa shape index (κ1) is 12.2. The molecule has 18 heavy (non-hydrogen) atoms. The summed E-state index contributed by atoms with van der Waals surface area (Å²) in [5.74, 6) is -1.63. The van der Waals surface area contributed by atoms with Crippen LogP contribution in [0.15, 0.2) is 18.2 Å². The number of rotatable bonds is 3. The minimum absolute atomic E-state index is 0.0491. The van der Waals surface area contributed by atoms with Gasteiger partial charge in [0.15, 0.2) is 0 Å². The van der Waals surface area contributed by atoms with Crippen LogP contribution in [0.1, 0.15) is 38.8 Å². The Kier molecular flexibility index (Phi) is 3.10. The molecule has 6 nitrogen and oxygen atoms in total. The zero-order valence-corrected chi connectivity index (χ0v) is 9.16. The smallest absolute Gasteiger partial charge is 0.347 e. The molecule has 92 valence electrons. The first-order valence-electron chi connectivity index (χ1n) is 5.18. The van der Waals surface area contributed by atoms with Crippen LogP contribution in [0.3, 0.4) is 0 Å². The average molecular weight is 247 g/mol. The lowest BCUT2D eigenvalue weighted by Crippen LogP contribution is -2.19. The summed E-state index contributed by atoms with van der Waals surface area (Å²) in [4.78, 5) is 22.8. The molecule has 2 atom stereocenters. The monoisotopic (exact) mass is 247 g/mol. The van der Waals surface area contributed by atoms with Gasteiger partial charge in [-0.25, -0.2) is 9.59 Å². The maximum atomic E-state index is 11.5. The quantitative estimate of drug-likeness (QED) is 0.587. The highest BCUT2D eigenvalue weighted by Gasteiger charge is 2.35. The van der Waals surface area contributed by atoms with Crippen LogP contribution in [0.5, 0.6) is 0 Å². The summed E-state index contributed by atoms with van der Waals surface area (Å²) in [6, 6.07) is 5.99. The van der Waals surface area contributed by atoms with E-state index < -0.39 is 24.1 Å². The highest BCUT2D eigenvalue weighted by atomic mass is 16.6. The summed E-state index contributed by atoms with van der Waals surface area (Å²) in [7, 11) is 0. The van der Waals surface area contributed by atoms with Crippen molar-refractivity contribution < 1.29 is 24.5 Å². The zero-order valence-electron chi connectivity index (χ0n) is 9.16. The summed E-state index contributed by atoms with van der Waals surface area (Å²) >= 11 is 0. The second-order valence-electron chi connectivity index (χ2n) is 3.82. The first-order valence-corrected chi connectivity index (χ1v) is 5.18. The van der Waals surface area contributed by atoms with E-state index in [4.69, 9.17) is 5.26 Å². The maximum Gasteiger partial charge on any atom is 0.347 e. The van der Waals surface area contributed by atoms with Crippen molar-refractivity contribution >= 4 is 11.9 Å². The Balaban J connectivity index is 2.45. The van der Waals surface area contributed by atoms with E-state index in [1.807, 2.05) is 0 Å². The number of benzene rings is 1. The SMILES string of the molecule is N#CCC(O)C(O)c1cccc2c1C(=O)OC2=O. The summed E-state index contributed by atoms with van der Waals surface area (Å²) in [6.07, 6.45) is -3.03. The molecule has 0 radical (unpaired) electrons. The van der Waals surface area contributed by atoms with Crippen LogP contribution in [0.25, 0.3) is 0 Å². The predicted octanol–water partition coefficient (Wildman–Crippen LogP) is 0.305. The zero-order chi connectivity index (χ0) is 13.3. The van der Waals surface area contributed by atoms with Gasteiger partial charge in [-0.15, -0.1) is 0 Å². The number of nitrogens with zero attached hydrogens (tertiary/aromatic N) is 1. The molecule has 0 aliphatic carbocycles. The maximum absolute atomic E-state index is 11.5. The van der Waals surface area contributed by atoms with E-state index in [0.717, 1.165) is 0 Å². The van der Waals surface area contributed by atoms with Gasteiger partial charge in [-0.3, -0.25) is 0 Å².